The number of sulfone groups is 1. The van der Waals surface area contributed by atoms with Gasteiger partial charge in [-0.15, -0.1) is 0 Å². The minimum atomic E-state index is -3.09. The van der Waals surface area contributed by atoms with Crippen LogP contribution in [-0.2, 0) is 19.4 Å². The summed E-state index contributed by atoms with van der Waals surface area (Å²) in [5.74, 6) is -0.434. The lowest BCUT2D eigenvalue weighted by molar-refractivity contribution is -0.117. The van der Waals surface area contributed by atoms with Gasteiger partial charge in [0.15, 0.2) is 9.84 Å². The largest absolute Gasteiger partial charge is 0.337 e. The van der Waals surface area contributed by atoms with Crippen LogP contribution in [0.25, 0.3) is 0 Å². The highest BCUT2D eigenvalue weighted by atomic mass is 32.2. The van der Waals surface area contributed by atoms with E-state index in [2.05, 4.69) is 5.32 Å². The number of benzene rings is 1. The van der Waals surface area contributed by atoms with Crippen molar-refractivity contribution >= 4 is 38.9 Å². The highest BCUT2D eigenvalue weighted by Gasteiger charge is 2.32. The molecule has 1 N–H and O–H groups in total. The predicted octanol–water partition coefficient (Wildman–Crippen LogP) is 1.03. The number of hydrogen-bond donors (Lipinski definition) is 1. The molecule has 1 aromatic carbocycles. The molecular weight excluding hydrogens is 382 g/mol. The van der Waals surface area contributed by atoms with Gasteiger partial charge >= 0.3 is 0 Å². The molecule has 0 bridgehead atoms. The van der Waals surface area contributed by atoms with E-state index in [1.807, 2.05) is 0 Å². The Morgan fingerprint density at radius 2 is 1.79 bits per heavy atom. The molecule has 8 nitrogen and oxygen atoms in total. The van der Waals surface area contributed by atoms with Crippen LogP contribution in [0.1, 0.15) is 36.0 Å². The molecule has 0 spiro atoms. The number of carbonyl (C=O) groups excluding carboxylic acids is 3. The van der Waals surface area contributed by atoms with Crippen molar-refractivity contribution in [2.24, 2.45) is 5.92 Å². The molecule has 0 radical (unpaired) electrons. The third kappa shape index (κ3) is 3.89. The van der Waals surface area contributed by atoms with Crippen molar-refractivity contribution in [3.63, 3.8) is 0 Å². The Morgan fingerprint density at radius 1 is 1.07 bits per heavy atom. The Labute approximate surface area is 163 Å². The molecule has 2 saturated heterocycles. The quantitative estimate of drug-likeness (QED) is 0.806. The van der Waals surface area contributed by atoms with Crippen molar-refractivity contribution in [2.45, 2.75) is 25.7 Å². The fourth-order valence-electron chi connectivity index (χ4n) is 3.59. The van der Waals surface area contributed by atoms with E-state index >= 15 is 0 Å². The Balaban J connectivity index is 1.62. The topological polar surface area (TPSA) is 104 Å². The van der Waals surface area contributed by atoms with Crippen LogP contribution >= 0.6 is 0 Å². The zero-order valence-electron chi connectivity index (χ0n) is 15.5. The maximum atomic E-state index is 13.1. The Bertz CT molecular complexity index is 925. The van der Waals surface area contributed by atoms with Crippen molar-refractivity contribution < 1.29 is 22.8 Å². The number of rotatable bonds is 4. The molecule has 150 valence electrons. The number of nitrogens with zero attached hydrogens (tertiary/aromatic N) is 2. The van der Waals surface area contributed by atoms with Crippen LogP contribution in [0.4, 0.5) is 11.4 Å². The SMILES string of the molecule is O=C(Nc1ccc(C(=O)N2CCS(=O)(=O)CC2)c(N2CCCC2=O)c1)C1CC1. The first-order valence-electron chi connectivity index (χ1n) is 9.59. The first-order valence-corrected chi connectivity index (χ1v) is 11.4. The summed E-state index contributed by atoms with van der Waals surface area (Å²) in [4.78, 5) is 40.5. The molecule has 0 atom stereocenters. The van der Waals surface area contributed by atoms with Gasteiger partial charge in [-0.25, -0.2) is 8.42 Å². The number of amides is 3. The van der Waals surface area contributed by atoms with E-state index in [0.717, 1.165) is 12.8 Å². The number of nitrogens with one attached hydrogen (secondary N) is 1. The van der Waals surface area contributed by atoms with Crippen molar-refractivity contribution in [2.75, 3.05) is 41.4 Å². The summed E-state index contributed by atoms with van der Waals surface area (Å²) >= 11 is 0. The second kappa shape index (κ2) is 7.20. The van der Waals surface area contributed by atoms with Gasteiger partial charge in [-0.1, -0.05) is 0 Å². The van der Waals surface area contributed by atoms with Crippen molar-refractivity contribution in [1.82, 2.24) is 4.90 Å². The summed E-state index contributed by atoms with van der Waals surface area (Å²) in [6, 6.07) is 4.96. The van der Waals surface area contributed by atoms with E-state index in [9.17, 15) is 22.8 Å². The van der Waals surface area contributed by atoms with Gasteiger partial charge in [0.05, 0.1) is 22.8 Å². The summed E-state index contributed by atoms with van der Waals surface area (Å²) in [6.07, 6.45) is 2.91. The maximum Gasteiger partial charge on any atom is 0.256 e. The summed E-state index contributed by atoms with van der Waals surface area (Å²) in [5, 5.41) is 2.86. The van der Waals surface area contributed by atoms with Gasteiger partial charge in [-0.05, 0) is 37.5 Å². The second-order valence-electron chi connectivity index (χ2n) is 7.59. The van der Waals surface area contributed by atoms with Crippen molar-refractivity contribution in [1.29, 1.82) is 0 Å². The lowest BCUT2D eigenvalue weighted by Crippen LogP contribution is -2.44. The van der Waals surface area contributed by atoms with E-state index in [-0.39, 0.29) is 48.2 Å². The predicted molar refractivity (Wildman–Crippen MR) is 104 cm³/mol. The zero-order valence-corrected chi connectivity index (χ0v) is 16.3. The van der Waals surface area contributed by atoms with E-state index in [0.29, 0.717) is 36.3 Å². The lowest BCUT2D eigenvalue weighted by Gasteiger charge is -2.29. The fraction of sp³-hybridized carbons (Fsp3) is 0.526. The molecule has 1 aromatic rings. The molecule has 3 fully saturated rings. The Morgan fingerprint density at radius 3 is 2.39 bits per heavy atom. The van der Waals surface area contributed by atoms with E-state index in [1.54, 1.807) is 23.1 Å². The Kier molecular flexibility index (Phi) is 4.86. The van der Waals surface area contributed by atoms with Gasteiger partial charge < -0.3 is 15.1 Å². The van der Waals surface area contributed by atoms with Gasteiger partial charge in [0.1, 0.15) is 0 Å². The van der Waals surface area contributed by atoms with Gasteiger partial charge in [0.2, 0.25) is 11.8 Å². The summed E-state index contributed by atoms with van der Waals surface area (Å²) in [5.41, 5.74) is 1.40. The Hall–Kier alpha value is -2.42. The maximum absolute atomic E-state index is 13.1. The number of anilines is 2. The number of hydrogen-bond acceptors (Lipinski definition) is 5. The molecular formula is C19H23N3O5S. The van der Waals surface area contributed by atoms with Crippen LogP contribution in [0.15, 0.2) is 18.2 Å². The lowest BCUT2D eigenvalue weighted by atomic mass is 10.1. The summed E-state index contributed by atoms with van der Waals surface area (Å²) in [6.45, 7) is 0.816. The van der Waals surface area contributed by atoms with Gasteiger partial charge in [-0.2, -0.15) is 0 Å². The molecule has 1 aliphatic carbocycles. The van der Waals surface area contributed by atoms with Crippen LogP contribution in [0.2, 0.25) is 0 Å². The third-order valence-corrected chi connectivity index (χ3v) is 7.05. The average Bonchev–Trinajstić information content (AvgIpc) is 3.43. The molecule has 4 rings (SSSR count). The average molecular weight is 405 g/mol. The molecule has 2 aliphatic heterocycles. The fourth-order valence-corrected chi connectivity index (χ4v) is 4.79. The van der Waals surface area contributed by atoms with Crippen LogP contribution in [0.5, 0.6) is 0 Å². The van der Waals surface area contributed by atoms with Crippen LogP contribution < -0.4 is 10.2 Å². The van der Waals surface area contributed by atoms with E-state index < -0.39 is 9.84 Å². The molecule has 28 heavy (non-hydrogen) atoms. The number of carbonyl (C=O) groups is 3. The molecule has 1 saturated carbocycles. The summed E-state index contributed by atoms with van der Waals surface area (Å²) < 4.78 is 23.3. The highest BCUT2D eigenvalue weighted by molar-refractivity contribution is 7.91. The molecule has 3 amide bonds. The van der Waals surface area contributed by atoms with Gasteiger partial charge in [-0.3, -0.25) is 14.4 Å². The van der Waals surface area contributed by atoms with Crippen LogP contribution in [0, 0.1) is 5.92 Å². The minimum absolute atomic E-state index is 0.0426. The van der Waals surface area contributed by atoms with Crippen molar-refractivity contribution in [3.05, 3.63) is 23.8 Å². The minimum Gasteiger partial charge on any atom is -0.337 e. The second-order valence-corrected chi connectivity index (χ2v) is 9.89. The molecule has 0 aromatic heterocycles. The highest BCUT2D eigenvalue weighted by Crippen LogP contribution is 2.33. The van der Waals surface area contributed by atoms with Gasteiger partial charge in [0.25, 0.3) is 5.91 Å². The first-order chi connectivity index (χ1) is 13.3. The van der Waals surface area contributed by atoms with Crippen LogP contribution in [0.3, 0.4) is 0 Å². The standard InChI is InChI=1S/C19H23N3O5S/c23-17-2-1-7-22(17)16-12-14(20-18(24)13-3-4-13)5-6-15(16)19(25)21-8-10-28(26,27)11-9-21/h5-6,12-13H,1-4,7-11H2,(H,20,24). The van der Waals surface area contributed by atoms with Crippen LogP contribution in [-0.4, -0.2) is 62.2 Å². The van der Waals surface area contributed by atoms with E-state index in [1.165, 1.54) is 4.90 Å². The zero-order chi connectivity index (χ0) is 19.9. The smallest absolute Gasteiger partial charge is 0.256 e. The normalized spacial score (nSPS) is 21.6. The van der Waals surface area contributed by atoms with E-state index in [4.69, 9.17) is 0 Å². The molecule has 0 unspecified atom stereocenters. The molecule has 3 aliphatic rings. The monoisotopic (exact) mass is 405 g/mol. The molecule has 9 heteroatoms. The molecule has 2 heterocycles. The first kappa shape index (κ1) is 18.9. The van der Waals surface area contributed by atoms with Crippen molar-refractivity contribution in [3.8, 4) is 0 Å². The third-order valence-electron chi connectivity index (χ3n) is 5.44. The summed E-state index contributed by atoms with van der Waals surface area (Å²) in [7, 11) is -3.09. The van der Waals surface area contributed by atoms with Gasteiger partial charge in [0, 0.05) is 37.7 Å².